The summed E-state index contributed by atoms with van der Waals surface area (Å²) in [5, 5.41) is 11.3. The first-order valence-electron chi connectivity index (χ1n) is 7.01. The number of ether oxygens (including phenoxy) is 2. The fraction of sp³-hybridized carbons (Fsp3) is 0.429. The molecule has 0 spiro atoms. The number of rotatable bonds is 5. The number of hydrogen-bond acceptors (Lipinski definition) is 7. The summed E-state index contributed by atoms with van der Waals surface area (Å²) in [7, 11) is 0. The minimum absolute atomic E-state index is 0.0122. The molecule has 23 heavy (non-hydrogen) atoms. The fourth-order valence-corrected chi connectivity index (χ4v) is 2.15. The number of esters is 1. The van der Waals surface area contributed by atoms with Crippen molar-refractivity contribution in [3.63, 3.8) is 0 Å². The number of carbonyl (C=O) groups excluding carboxylic acids is 2. The van der Waals surface area contributed by atoms with E-state index in [1.54, 1.807) is 0 Å². The summed E-state index contributed by atoms with van der Waals surface area (Å²) in [5.74, 6) is -1.63. The lowest BCUT2D eigenvalue weighted by molar-refractivity contribution is -0.384. The molecule has 2 rings (SSSR count). The molecule has 1 amide bonds. The second kappa shape index (κ2) is 7.05. The molecule has 1 atom stereocenters. The van der Waals surface area contributed by atoms with Crippen LogP contribution in [0.25, 0.3) is 0 Å². The monoisotopic (exact) mass is 323 g/mol. The molecule has 1 aromatic carbocycles. The van der Waals surface area contributed by atoms with Gasteiger partial charge in [-0.3, -0.25) is 14.9 Å². The van der Waals surface area contributed by atoms with Gasteiger partial charge in [0.1, 0.15) is 5.69 Å². The van der Waals surface area contributed by atoms with Gasteiger partial charge in [-0.2, -0.15) is 0 Å². The molecule has 124 valence electrons. The Morgan fingerprint density at radius 3 is 2.61 bits per heavy atom. The number of nitrogens with two attached hydrogens (primary N) is 1. The first-order valence-corrected chi connectivity index (χ1v) is 7.01. The van der Waals surface area contributed by atoms with Crippen molar-refractivity contribution >= 4 is 23.3 Å². The maximum atomic E-state index is 11.9. The van der Waals surface area contributed by atoms with E-state index in [-0.39, 0.29) is 11.3 Å². The molecule has 1 aliphatic heterocycles. The van der Waals surface area contributed by atoms with Crippen LogP contribution in [0.1, 0.15) is 17.3 Å². The van der Waals surface area contributed by atoms with Crippen LogP contribution in [0.15, 0.2) is 18.2 Å². The normalized spacial score (nSPS) is 15.8. The van der Waals surface area contributed by atoms with E-state index < -0.39 is 22.9 Å². The summed E-state index contributed by atoms with van der Waals surface area (Å²) < 4.78 is 10.1. The van der Waals surface area contributed by atoms with Crippen molar-refractivity contribution < 1.29 is 24.0 Å². The number of amides is 1. The third-order valence-corrected chi connectivity index (χ3v) is 3.44. The molecule has 1 heterocycles. The largest absolute Gasteiger partial charge is 0.449 e. The molecule has 1 aliphatic rings. The summed E-state index contributed by atoms with van der Waals surface area (Å²) in [5.41, 5.74) is 5.22. The summed E-state index contributed by atoms with van der Waals surface area (Å²) in [6, 6.07) is 4.06. The average molecular weight is 323 g/mol. The second-order valence-corrected chi connectivity index (χ2v) is 5.01. The highest BCUT2D eigenvalue weighted by molar-refractivity contribution is 5.93. The third-order valence-electron chi connectivity index (χ3n) is 3.44. The van der Waals surface area contributed by atoms with Crippen LogP contribution in [-0.4, -0.2) is 49.2 Å². The van der Waals surface area contributed by atoms with Crippen molar-refractivity contribution in [2.75, 3.05) is 31.2 Å². The van der Waals surface area contributed by atoms with Crippen LogP contribution in [0.5, 0.6) is 0 Å². The standard InChI is InChI=1S/C14H17N3O6/c1-9(13(15)18)23-14(19)10-2-3-11(12(8-10)17(20)21)16-4-6-22-7-5-16/h2-3,8-9H,4-7H2,1H3,(H2,15,18). The van der Waals surface area contributed by atoms with E-state index in [9.17, 15) is 19.7 Å². The molecule has 0 aromatic heterocycles. The maximum Gasteiger partial charge on any atom is 0.339 e. The Hall–Kier alpha value is -2.68. The van der Waals surface area contributed by atoms with E-state index in [1.165, 1.54) is 19.1 Å². The Bertz CT molecular complexity index is 627. The van der Waals surface area contributed by atoms with Gasteiger partial charge in [0.15, 0.2) is 6.10 Å². The van der Waals surface area contributed by atoms with Gasteiger partial charge in [0.05, 0.1) is 23.7 Å². The molecule has 1 fully saturated rings. The maximum absolute atomic E-state index is 11.9. The van der Waals surface area contributed by atoms with Gasteiger partial charge in [0, 0.05) is 19.2 Å². The lowest BCUT2D eigenvalue weighted by atomic mass is 10.1. The van der Waals surface area contributed by atoms with Crippen molar-refractivity contribution in [2.24, 2.45) is 5.73 Å². The van der Waals surface area contributed by atoms with Crippen LogP contribution in [0.4, 0.5) is 11.4 Å². The number of primary amides is 1. The average Bonchev–Trinajstić information content (AvgIpc) is 2.54. The van der Waals surface area contributed by atoms with Gasteiger partial charge in [-0.15, -0.1) is 0 Å². The Morgan fingerprint density at radius 2 is 2.04 bits per heavy atom. The van der Waals surface area contributed by atoms with Gasteiger partial charge < -0.3 is 20.1 Å². The number of nitro groups is 1. The summed E-state index contributed by atoms with van der Waals surface area (Å²) in [6.45, 7) is 3.36. The Balaban J connectivity index is 2.26. The first kappa shape index (κ1) is 16.7. The highest BCUT2D eigenvalue weighted by atomic mass is 16.6. The van der Waals surface area contributed by atoms with E-state index in [2.05, 4.69) is 0 Å². The Labute approximate surface area is 132 Å². The SMILES string of the molecule is CC(OC(=O)c1ccc(N2CCOCC2)c([N+](=O)[O-])c1)C(N)=O. The lowest BCUT2D eigenvalue weighted by Gasteiger charge is -2.28. The number of carbonyl (C=O) groups is 2. The Kier molecular flexibility index (Phi) is 5.12. The minimum atomic E-state index is -1.11. The van der Waals surface area contributed by atoms with Gasteiger partial charge >= 0.3 is 5.97 Å². The van der Waals surface area contributed by atoms with Crippen molar-refractivity contribution in [3.8, 4) is 0 Å². The van der Waals surface area contributed by atoms with E-state index in [0.29, 0.717) is 32.0 Å². The van der Waals surface area contributed by atoms with Gasteiger partial charge in [-0.25, -0.2) is 4.79 Å². The number of nitrogens with zero attached hydrogens (tertiary/aromatic N) is 2. The smallest absolute Gasteiger partial charge is 0.339 e. The number of benzene rings is 1. The highest BCUT2D eigenvalue weighted by Crippen LogP contribution is 2.30. The van der Waals surface area contributed by atoms with Crippen LogP contribution in [0, 0.1) is 10.1 Å². The summed E-state index contributed by atoms with van der Waals surface area (Å²) >= 11 is 0. The molecule has 9 nitrogen and oxygen atoms in total. The number of hydrogen-bond donors (Lipinski definition) is 1. The van der Waals surface area contributed by atoms with Gasteiger partial charge in [-0.05, 0) is 19.1 Å². The second-order valence-electron chi connectivity index (χ2n) is 5.01. The zero-order chi connectivity index (χ0) is 17.0. The molecule has 0 aliphatic carbocycles. The van der Waals surface area contributed by atoms with Gasteiger partial charge in [0.25, 0.3) is 11.6 Å². The van der Waals surface area contributed by atoms with Crippen molar-refractivity contribution in [3.05, 3.63) is 33.9 Å². The Morgan fingerprint density at radius 1 is 1.39 bits per heavy atom. The van der Waals surface area contributed by atoms with E-state index in [4.69, 9.17) is 15.2 Å². The molecular weight excluding hydrogens is 306 g/mol. The zero-order valence-corrected chi connectivity index (χ0v) is 12.6. The van der Waals surface area contributed by atoms with Crippen LogP contribution in [-0.2, 0) is 14.3 Å². The van der Waals surface area contributed by atoms with E-state index in [0.717, 1.165) is 6.07 Å². The predicted octanol–water partition coefficient (Wildman–Crippen LogP) is 0.462. The van der Waals surface area contributed by atoms with Crippen molar-refractivity contribution in [1.82, 2.24) is 0 Å². The quantitative estimate of drug-likeness (QED) is 0.474. The molecule has 1 unspecified atom stereocenters. The third kappa shape index (κ3) is 3.95. The molecule has 0 saturated carbocycles. The predicted molar refractivity (Wildman–Crippen MR) is 80.2 cm³/mol. The van der Waals surface area contributed by atoms with Crippen LogP contribution >= 0.6 is 0 Å². The molecule has 9 heteroatoms. The first-order chi connectivity index (χ1) is 10.9. The molecule has 0 bridgehead atoms. The molecule has 1 saturated heterocycles. The summed E-state index contributed by atoms with van der Waals surface area (Å²) in [6.07, 6.45) is -1.11. The lowest BCUT2D eigenvalue weighted by Crippen LogP contribution is -2.36. The van der Waals surface area contributed by atoms with E-state index in [1.807, 2.05) is 4.90 Å². The van der Waals surface area contributed by atoms with Crippen LogP contribution in [0.2, 0.25) is 0 Å². The number of anilines is 1. The molecule has 0 radical (unpaired) electrons. The van der Waals surface area contributed by atoms with Crippen LogP contribution in [0.3, 0.4) is 0 Å². The van der Waals surface area contributed by atoms with E-state index >= 15 is 0 Å². The minimum Gasteiger partial charge on any atom is -0.449 e. The molecule has 2 N–H and O–H groups in total. The van der Waals surface area contributed by atoms with Gasteiger partial charge in [0.2, 0.25) is 0 Å². The molecule has 1 aromatic rings. The fourth-order valence-electron chi connectivity index (χ4n) is 2.15. The highest BCUT2D eigenvalue weighted by Gasteiger charge is 2.24. The number of morpholine rings is 1. The topological polar surface area (TPSA) is 125 Å². The van der Waals surface area contributed by atoms with Crippen molar-refractivity contribution in [2.45, 2.75) is 13.0 Å². The van der Waals surface area contributed by atoms with Crippen molar-refractivity contribution in [1.29, 1.82) is 0 Å². The number of nitro benzene ring substituents is 1. The summed E-state index contributed by atoms with van der Waals surface area (Å²) in [4.78, 5) is 35.4. The van der Waals surface area contributed by atoms with Crippen LogP contribution < -0.4 is 10.6 Å². The zero-order valence-electron chi connectivity index (χ0n) is 12.6. The van der Waals surface area contributed by atoms with Gasteiger partial charge in [-0.1, -0.05) is 0 Å². The molecular formula is C14H17N3O6.